The van der Waals surface area contributed by atoms with Crippen LogP contribution >= 0.6 is 11.6 Å². The summed E-state index contributed by atoms with van der Waals surface area (Å²) in [5.74, 6) is 2.25. The predicted octanol–water partition coefficient (Wildman–Crippen LogP) is 5.34. The van der Waals surface area contributed by atoms with Crippen molar-refractivity contribution in [1.29, 1.82) is 0 Å². The molecule has 0 spiro atoms. The molecule has 0 saturated heterocycles. The molecular weight excluding hydrogens is 402 g/mol. The smallest absolute Gasteiger partial charge is 0.407 e. The van der Waals surface area contributed by atoms with Crippen LogP contribution in [0.25, 0.3) is 11.4 Å². The number of rotatable bonds is 6. The summed E-state index contributed by atoms with van der Waals surface area (Å²) in [4.78, 5) is 20.7. The molecule has 6 nitrogen and oxygen atoms in total. The van der Waals surface area contributed by atoms with Crippen LogP contribution in [0.5, 0.6) is 5.75 Å². The summed E-state index contributed by atoms with van der Waals surface area (Å²) < 4.78 is 11.2. The van der Waals surface area contributed by atoms with Crippen LogP contribution in [-0.4, -0.2) is 34.3 Å². The molecule has 1 fully saturated rings. The Balaban J connectivity index is 1.43. The largest absolute Gasteiger partial charge is 0.490 e. The summed E-state index contributed by atoms with van der Waals surface area (Å²) in [5.41, 5.74) is 1.50. The highest BCUT2D eigenvalue weighted by Crippen LogP contribution is 2.26. The third-order valence-corrected chi connectivity index (χ3v) is 5.33. The van der Waals surface area contributed by atoms with Crippen LogP contribution in [0, 0.1) is 5.92 Å². The molecule has 0 unspecified atom stereocenters. The molecule has 3 rings (SSSR count). The fourth-order valence-corrected chi connectivity index (χ4v) is 3.66. The zero-order valence-electron chi connectivity index (χ0n) is 17.9. The van der Waals surface area contributed by atoms with Gasteiger partial charge in [0.2, 0.25) is 0 Å². The monoisotopic (exact) mass is 431 g/mol. The number of amides is 1. The molecule has 0 radical (unpaired) electrons. The second-order valence-corrected chi connectivity index (χ2v) is 9.02. The van der Waals surface area contributed by atoms with E-state index in [0.29, 0.717) is 30.0 Å². The lowest BCUT2D eigenvalue weighted by atomic mass is 9.86. The number of aromatic nitrogens is 2. The lowest BCUT2D eigenvalue weighted by Gasteiger charge is -2.30. The Labute approximate surface area is 183 Å². The number of hydrogen-bond acceptors (Lipinski definition) is 5. The number of nitrogens with zero attached hydrogens (tertiary/aromatic N) is 2. The number of carbonyl (C=O) groups is 1. The number of alkyl carbamates (subject to hydrolysis) is 1. The van der Waals surface area contributed by atoms with Crippen LogP contribution in [0.2, 0.25) is 0 Å². The van der Waals surface area contributed by atoms with Crippen LogP contribution in [0.15, 0.2) is 36.7 Å². The maximum Gasteiger partial charge on any atom is 0.407 e. The molecule has 1 amide bonds. The second kappa shape index (κ2) is 10.1. The topological polar surface area (TPSA) is 73.3 Å². The van der Waals surface area contributed by atoms with E-state index in [2.05, 4.69) is 15.3 Å². The van der Waals surface area contributed by atoms with Crippen LogP contribution in [0.3, 0.4) is 0 Å². The van der Waals surface area contributed by atoms with Gasteiger partial charge in [0.25, 0.3) is 0 Å². The van der Waals surface area contributed by atoms with Gasteiger partial charge in [0.1, 0.15) is 5.60 Å². The summed E-state index contributed by atoms with van der Waals surface area (Å²) in [6.07, 6.45) is 6.96. The Morgan fingerprint density at radius 3 is 2.50 bits per heavy atom. The Kier molecular flexibility index (Phi) is 7.53. The minimum absolute atomic E-state index is 0.169. The third kappa shape index (κ3) is 6.87. The summed E-state index contributed by atoms with van der Waals surface area (Å²) in [5, 5.41) is 2.97. The Morgan fingerprint density at radius 2 is 1.87 bits per heavy atom. The molecule has 0 bridgehead atoms. The lowest BCUT2D eigenvalue weighted by Crippen LogP contribution is -2.41. The average molecular weight is 432 g/mol. The molecule has 162 valence electrons. The fourth-order valence-electron chi connectivity index (χ4n) is 3.50. The van der Waals surface area contributed by atoms with Gasteiger partial charge >= 0.3 is 6.09 Å². The number of halogens is 1. The van der Waals surface area contributed by atoms with Crippen molar-refractivity contribution in [3.63, 3.8) is 0 Å². The van der Waals surface area contributed by atoms with Crippen LogP contribution in [0.4, 0.5) is 4.79 Å². The molecule has 0 atom stereocenters. The van der Waals surface area contributed by atoms with Gasteiger partial charge in [-0.25, -0.2) is 14.8 Å². The quantitative estimate of drug-likeness (QED) is 0.624. The first kappa shape index (κ1) is 22.3. The third-order valence-electron chi connectivity index (χ3n) is 5.02. The Bertz CT molecular complexity index is 828. The van der Waals surface area contributed by atoms with E-state index in [4.69, 9.17) is 21.1 Å². The molecule has 1 aliphatic carbocycles. The zero-order valence-corrected chi connectivity index (χ0v) is 18.6. The maximum atomic E-state index is 11.9. The van der Waals surface area contributed by atoms with Gasteiger partial charge in [-0.05, 0) is 64.0 Å². The molecule has 1 aromatic heterocycles. The standard InChI is InChI=1S/C23H30ClN3O3/c1-23(2,3)30-22(28)27-19-9-7-16(8-10-19)15-29-20-13-25-21(26-14-20)18-6-4-5-17(11-18)12-24/h4-6,11,13-14,16,19H,7-10,12,15H2,1-3H3,(H,27,28)/t16-,19-. The van der Waals surface area contributed by atoms with Crippen molar-refractivity contribution >= 4 is 17.7 Å². The number of alkyl halides is 1. The van der Waals surface area contributed by atoms with E-state index in [-0.39, 0.29) is 12.1 Å². The van der Waals surface area contributed by atoms with Crippen molar-refractivity contribution in [2.75, 3.05) is 6.61 Å². The number of nitrogens with one attached hydrogen (secondary N) is 1. The molecular formula is C23H30ClN3O3. The average Bonchev–Trinajstić information content (AvgIpc) is 2.72. The number of carbonyl (C=O) groups excluding carboxylic acids is 1. The molecule has 1 aromatic carbocycles. The number of hydrogen-bond donors (Lipinski definition) is 1. The van der Waals surface area contributed by atoms with E-state index in [9.17, 15) is 4.79 Å². The summed E-state index contributed by atoms with van der Waals surface area (Å²) in [6, 6.07) is 8.06. The van der Waals surface area contributed by atoms with Gasteiger partial charge in [0.05, 0.1) is 19.0 Å². The summed E-state index contributed by atoms with van der Waals surface area (Å²) in [6.45, 7) is 6.24. The molecule has 1 heterocycles. The van der Waals surface area contributed by atoms with Crippen LogP contribution < -0.4 is 10.1 Å². The van der Waals surface area contributed by atoms with Crippen molar-refractivity contribution in [1.82, 2.24) is 15.3 Å². The second-order valence-electron chi connectivity index (χ2n) is 8.75. The van der Waals surface area contributed by atoms with Crippen molar-refractivity contribution in [3.05, 3.63) is 42.2 Å². The van der Waals surface area contributed by atoms with Gasteiger partial charge in [0.15, 0.2) is 11.6 Å². The Morgan fingerprint density at radius 1 is 1.17 bits per heavy atom. The number of ether oxygens (including phenoxy) is 2. The summed E-state index contributed by atoms with van der Waals surface area (Å²) >= 11 is 5.90. The first-order valence-corrected chi connectivity index (χ1v) is 11.0. The molecule has 7 heteroatoms. The Hall–Kier alpha value is -2.34. The minimum atomic E-state index is -0.473. The highest BCUT2D eigenvalue weighted by molar-refractivity contribution is 6.17. The fraction of sp³-hybridized carbons (Fsp3) is 0.522. The van der Waals surface area contributed by atoms with Gasteiger partial charge in [-0.1, -0.05) is 18.2 Å². The molecule has 30 heavy (non-hydrogen) atoms. The van der Waals surface area contributed by atoms with E-state index < -0.39 is 5.60 Å². The maximum absolute atomic E-state index is 11.9. The zero-order chi connectivity index (χ0) is 21.6. The van der Waals surface area contributed by atoms with Gasteiger partial charge < -0.3 is 14.8 Å². The normalized spacial score (nSPS) is 19.2. The summed E-state index contributed by atoms with van der Waals surface area (Å²) in [7, 11) is 0. The van der Waals surface area contributed by atoms with Crippen LogP contribution in [-0.2, 0) is 10.6 Å². The van der Waals surface area contributed by atoms with Gasteiger partial charge in [-0.2, -0.15) is 0 Å². The van der Waals surface area contributed by atoms with E-state index in [1.807, 2.05) is 45.0 Å². The van der Waals surface area contributed by atoms with Crippen LogP contribution in [0.1, 0.15) is 52.0 Å². The highest BCUT2D eigenvalue weighted by atomic mass is 35.5. The molecule has 1 saturated carbocycles. The van der Waals surface area contributed by atoms with Crippen molar-refractivity contribution in [2.45, 2.75) is 64.0 Å². The highest BCUT2D eigenvalue weighted by Gasteiger charge is 2.25. The van der Waals surface area contributed by atoms with Crippen molar-refractivity contribution < 1.29 is 14.3 Å². The number of benzene rings is 1. The minimum Gasteiger partial charge on any atom is -0.490 e. The predicted molar refractivity (Wildman–Crippen MR) is 118 cm³/mol. The first-order chi connectivity index (χ1) is 14.3. The van der Waals surface area contributed by atoms with Gasteiger partial charge in [-0.3, -0.25) is 0 Å². The van der Waals surface area contributed by atoms with Crippen molar-refractivity contribution in [3.8, 4) is 17.1 Å². The molecule has 1 N–H and O–H groups in total. The van der Waals surface area contributed by atoms with E-state index in [0.717, 1.165) is 36.8 Å². The molecule has 2 aromatic rings. The molecule has 1 aliphatic rings. The van der Waals surface area contributed by atoms with E-state index in [1.54, 1.807) is 12.4 Å². The van der Waals surface area contributed by atoms with Crippen molar-refractivity contribution in [2.24, 2.45) is 5.92 Å². The van der Waals surface area contributed by atoms with Gasteiger partial charge in [0, 0.05) is 17.5 Å². The van der Waals surface area contributed by atoms with Gasteiger partial charge in [-0.15, -0.1) is 11.6 Å². The first-order valence-electron chi connectivity index (χ1n) is 10.4. The SMILES string of the molecule is CC(C)(C)OC(=O)N[C@H]1CC[C@H](COc2cnc(-c3cccc(CCl)c3)nc2)CC1. The van der Waals surface area contributed by atoms with E-state index >= 15 is 0 Å². The lowest BCUT2D eigenvalue weighted by molar-refractivity contribution is 0.0483. The molecule has 0 aliphatic heterocycles. The van der Waals surface area contributed by atoms with E-state index in [1.165, 1.54) is 0 Å².